The number of nitro benzene ring substituents is 1. The van der Waals surface area contributed by atoms with Gasteiger partial charge in [-0.3, -0.25) is 10.1 Å². The molecule has 0 saturated heterocycles. The molecule has 0 fully saturated rings. The van der Waals surface area contributed by atoms with Crippen molar-refractivity contribution >= 4 is 5.69 Å². The summed E-state index contributed by atoms with van der Waals surface area (Å²) in [5.41, 5.74) is -0.161. The van der Waals surface area contributed by atoms with E-state index in [-0.39, 0.29) is 11.4 Å². The van der Waals surface area contributed by atoms with Crippen LogP contribution in [-0.4, -0.2) is 4.92 Å². The fourth-order valence-corrected chi connectivity index (χ4v) is 1.25. The molecule has 2 aromatic rings. The van der Waals surface area contributed by atoms with Gasteiger partial charge < -0.3 is 4.74 Å². The van der Waals surface area contributed by atoms with Crippen LogP contribution in [0.5, 0.6) is 11.5 Å². The summed E-state index contributed by atoms with van der Waals surface area (Å²) in [5, 5.41) is 10.7. The summed E-state index contributed by atoms with van der Waals surface area (Å²) in [6, 6.07) is 16.1. The van der Waals surface area contributed by atoms with Gasteiger partial charge in [-0.25, -0.2) is 0 Å². The van der Waals surface area contributed by atoms with Crippen molar-refractivity contribution in [2.24, 2.45) is 0 Å². The zero-order valence-electron chi connectivity index (χ0n) is 8.29. The number of benzene rings is 2. The highest BCUT2D eigenvalue weighted by molar-refractivity contribution is 5.47. The number of nitrogens with zero attached hydrogens (tertiary/aromatic N) is 1. The summed E-state index contributed by atoms with van der Waals surface area (Å²) < 4.78 is 5.40. The lowest BCUT2D eigenvalue weighted by Gasteiger charge is -2.04. The molecule has 0 bridgehead atoms. The molecule has 0 aromatic heterocycles. The Hall–Kier alpha value is -2.36. The van der Waals surface area contributed by atoms with Gasteiger partial charge in [-0.1, -0.05) is 24.3 Å². The van der Waals surface area contributed by atoms with Crippen molar-refractivity contribution in [2.75, 3.05) is 0 Å². The van der Waals surface area contributed by atoms with Gasteiger partial charge in [-0.15, -0.1) is 0 Å². The summed E-state index contributed by atoms with van der Waals surface area (Å²) in [5.74, 6) is 0.754. The van der Waals surface area contributed by atoms with Crippen LogP contribution in [-0.2, 0) is 0 Å². The summed E-state index contributed by atoms with van der Waals surface area (Å²) in [4.78, 5) is 10.2. The zero-order chi connectivity index (χ0) is 11.4. The maximum Gasteiger partial charge on any atom is 0.319 e. The van der Waals surface area contributed by atoms with Gasteiger partial charge in [0.05, 0.1) is 11.0 Å². The minimum Gasteiger partial charge on any atom is -0.450 e. The highest BCUT2D eigenvalue weighted by atomic mass is 16.6. The zero-order valence-corrected chi connectivity index (χ0v) is 8.29. The molecule has 0 aliphatic heterocycles. The Morgan fingerprint density at radius 1 is 1.12 bits per heavy atom. The third-order valence-corrected chi connectivity index (χ3v) is 1.95. The lowest BCUT2D eigenvalue weighted by atomic mass is 10.3. The van der Waals surface area contributed by atoms with E-state index >= 15 is 0 Å². The van der Waals surface area contributed by atoms with Gasteiger partial charge in [0.1, 0.15) is 5.75 Å². The first-order chi connectivity index (χ1) is 7.77. The predicted octanol–water partition coefficient (Wildman–Crippen LogP) is 3.19. The Kier molecular flexibility index (Phi) is 2.82. The topological polar surface area (TPSA) is 52.4 Å². The van der Waals surface area contributed by atoms with E-state index in [1.165, 1.54) is 6.07 Å². The molecule has 0 N–H and O–H groups in total. The Morgan fingerprint density at radius 3 is 2.56 bits per heavy atom. The fourth-order valence-electron chi connectivity index (χ4n) is 1.25. The van der Waals surface area contributed by atoms with Crippen molar-refractivity contribution in [1.82, 2.24) is 0 Å². The van der Waals surface area contributed by atoms with E-state index in [4.69, 9.17) is 4.74 Å². The third-order valence-electron chi connectivity index (χ3n) is 1.95. The van der Waals surface area contributed by atoms with Crippen LogP contribution in [0.4, 0.5) is 5.69 Å². The first-order valence-electron chi connectivity index (χ1n) is 4.65. The van der Waals surface area contributed by atoms with Gasteiger partial charge in [0.15, 0.2) is 0 Å². The van der Waals surface area contributed by atoms with Gasteiger partial charge in [0, 0.05) is 0 Å². The summed E-state index contributed by atoms with van der Waals surface area (Å²) in [6.07, 6.45) is 0. The number of rotatable bonds is 3. The maximum atomic E-state index is 10.7. The summed E-state index contributed by atoms with van der Waals surface area (Å²) in [7, 11) is 0. The van der Waals surface area contributed by atoms with Gasteiger partial charge in [0.25, 0.3) is 0 Å². The predicted molar refractivity (Wildman–Crippen MR) is 58.4 cm³/mol. The van der Waals surface area contributed by atoms with Crippen LogP contribution in [0.2, 0.25) is 0 Å². The van der Waals surface area contributed by atoms with E-state index in [2.05, 4.69) is 6.07 Å². The molecule has 2 aromatic carbocycles. The first kappa shape index (κ1) is 10.2. The average molecular weight is 214 g/mol. The molecule has 0 saturated carbocycles. The molecule has 0 heterocycles. The molecule has 0 spiro atoms. The van der Waals surface area contributed by atoms with E-state index in [1.807, 2.05) is 6.07 Å². The Bertz CT molecular complexity index is 497. The van der Waals surface area contributed by atoms with Crippen LogP contribution in [0.1, 0.15) is 0 Å². The van der Waals surface area contributed by atoms with E-state index in [1.54, 1.807) is 36.4 Å². The molecular weight excluding hydrogens is 206 g/mol. The second kappa shape index (κ2) is 4.44. The Morgan fingerprint density at radius 2 is 1.88 bits per heavy atom. The van der Waals surface area contributed by atoms with E-state index in [0.717, 1.165) is 0 Å². The summed E-state index contributed by atoms with van der Waals surface area (Å²) in [6.45, 7) is 0. The van der Waals surface area contributed by atoms with Crippen LogP contribution in [0.3, 0.4) is 0 Å². The van der Waals surface area contributed by atoms with Crippen molar-refractivity contribution in [3.8, 4) is 11.5 Å². The maximum absolute atomic E-state index is 10.7. The van der Waals surface area contributed by atoms with Crippen LogP contribution in [0, 0.1) is 16.2 Å². The molecule has 2 rings (SSSR count). The summed E-state index contributed by atoms with van der Waals surface area (Å²) >= 11 is 0. The lowest BCUT2D eigenvalue weighted by molar-refractivity contribution is -0.386. The Balaban J connectivity index is 2.31. The van der Waals surface area contributed by atoms with Gasteiger partial charge in [0.2, 0.25) is 5.75 Å². The van der Waals surface area contributed by atoms with E-state index in [0.29, 0.717) is 5.75 Å². The van der Waals surface area contributed by atoms with Crippen LogP contribution in [0.25, 0.3) is 0 Å². The molecule has 0 amide bonds. The van der Waals surface area contributed by atoms with Crippen LogP contribution in [0.15, 0.2) is 48.5 Å². The van der Waals surface area contributed by atoms with Gasteiger partial charge in [-0.2, -0.15) is 0 Å². The van der Waals surface area contributed by atoms with Crippen molar-refractivity contribution in [1.29, 1.82) is 0 Å². The molecule has 0 atom stereocenters. The SMILES string of the molecule is O=[N+]([O-])c1[c]cccc1Oc1ccccc1. The van der Waals surface area contributed by atoms with Crippen molar-refractivity contribution in [3.63, 3.8) is 0 Å². The number of nitro groups is 1. The van der Waals surface area contributed by atoms with E-state index < -0.39 is 4.92 Å². The molecule has 79 valence electrons. The third kappa shape index (κ3) is 2.17. The van der Waals surface area contributed by atoms with Crippen LogP contribution < -0.4 is 4.74 Å². The molecule has 0 unspecified atom stereocenters. The van der Waals surface area contributed by atoms with E-state index in [9.17, 15) is 10.1 Å². The average Bonchev–Trinajstić information content (AvgIpc) is 2.31. The van der Waals surface area contributed by atoms with Crippen molar-refractivity contribution in [3.05, 3.63) is 64.7 Å². The molecule has 0 aliphatic carbocycles. The monoisotopic (exact) mass is 214 g/mol. The number of ether oxygens (including phenoxy) is 1. The van der Waals surface area contributed by atoms with Gasteiger partial charge >= 0.3 is 5.69 Å². The minimum absolute atomic E-state index is 0.161. The van der Waals surface area contributed by atoms with Gasteiger partial charge in [-0.05, 0) is 24.3 Å². The Labute approximate surface area is 92.3 Å². The number of para-hydroxylation sites is 2. The minimum atomic E-state index is -0.516. The first-order valence-corrected chi connectivity index (χ1v) is 4.65. The van der Waals surface area contributed by atoms with Crippen LogP contribution >= 0.6 is 0 Å². The van der Waals surface area contributed by atoms with Crippen molar-refractivity contribution < 1.29 is 9.66 Å². The smallest absolute Gasteiger partial charge is 0.319 e. The lowest BCUT2D eigenvalue weighted by Crippen LogP contribution is -1.92. The number of hydrogen-bond donors (Lipinski definition) is 0. The molecule has 16 heavy (non-hydrogen) atoms. The largest absolute Gasteiger partial charge is 0.450 e. The molecular formula is C12H8NO3. The highest BCUT2D eigenvalue weighted by Crippen LogP contribution is 2.29. The number of hydrogen-bond acceptors (Lipinski definition) is 3. The molecule has 0 aliphatic rings. The molecule has 1 radical (unpaired) electrons. The quantitative estimate of drug-likeness (QED) is 0.582. The second-order valence-electron chi connectivity index (χ2n) is 3.06. The standard InChI is InChI=1S/C12H8NO3/c14-13(15)11-8-4-5-9-12(11)16-10-6-2-1-3-7-10/h1-7,9H. The van der Waals surface area contributed by atoms with Crippen molar-refractivity contribution in [2.45, 2.75) is 0 Å². The highest BCUT2D eigenvalue weighted by Gasteiger charge is 2.14. The molecule has 4 heteroatoms. The second-order valence-corrected chi connectivity index (χ2v) is 3.06. The fraction of sp³-hybridized carbons (Fsp3) is 0. The molecule has 4 nitrogen and oxygen atoms in total. The normalized spacial score (nSPS) is 9.75.